The molecule has 2 amide bonds. The number of rotatable bonds is 4. The summed E-state index contributed by atoms with van der Waals surface area (Å²) in [5.41, 5.74) is 0.979. The lowest BCUT2D eigenvalue weighted by atomic mass is 9.97. The molecular formula is C14H22N4O2S. The van der Waals surface area contributed by atoms with Crippen LogP contribution in [0, 0.1) is 5.92 Å². The van der Waals surface area contributed by atoms with E-state index in [4.69, 9.17) is 0 Å². The Hall–Kier alpha value is -1.50. The molecule has 7 heteroatoms. The minimum absolute atomic E-state index is 0.0212. The van der Waals surface area contributed by atoms with Gasteiger partial charge in [-0.3, -0.25) is 9.59 Å². The molecule has 1 aliphatic heterocycles. The fourth-order valence-electron chi connectivity index (χ4n) is 2.58. The molecule has 21 heavy (non-hydrogen) atoms. The first-order chi connectivity index (χ1) is 10.0. The van der Waals surface area contributed by atoms with Gasteiger partial charge in [0.2, 0.25) is 11.8 Å². The summed E-state index contributed by atoms with van der Waals surface area (Å²) >= 11 is 1.58. The third-order valence-electron chi connectivity index (χ3n) is 3.91. The van der Waals surface area contributed by atoms with Crippen molar-refractivity contribution in [2.45, 2.75) is 31.5 Å². The highest BCUT2D eigenvalue weighted by atomic mass is 32.2. The van der Waals surface area contributed by atoms with E-state index in [9.17, 15) is 9.59 Å². The van der Waals surface area contributed by atoms with E-state index in [0.717, 1.165) is 30.2 Å². The molecule has 1 aliphatic rings. The van der Waals surface area contributed by atoms with E-state index in [1.807, 2.05) is 17.9 Å². The van der Waals surface area contributed by atoms with Gasteiger partial charge in [-0.25, -0.2) is 4.98 Å². The topological polar surface area (TPSA) is 67.2 Å². The zero-order chi connectivity index (χ0) is 15.4. The Morgan fingerprint density at radius 1 is 1.52 bits per heavy atom. The van der Waals surface area contributed by atoms with Crippen LogP contribution in [0.25, 0.3) is 0 Å². The highest BCUT2D eigenvalue weighted by Gasteiger charge is 2.26. The molecule has 1 fully saturated rings. The maximum absolute atomic E-state index is 12.2. The highest BCUT2D eigenvalue weighted by molar-refractivity contribution is 7.98. The first-order valence-corrected chi connectivity index (χ1v) is 8.33. The van der Waals surface area contributed by atoms with Crippen LogP contribution in [0.3, 0.4) is 0 Å². The summed E-state index contributed by atoms with van der Waals surface area (Å²) < 4.78 is 1.98. The maximum atomic E-state index is 12.2. The number of nitrogens with one attached hydrogen (secondary N) is 1. The number of thioether (sulfide) groups is 1. The second kappa shape index (κ2) is 6.98. The minimum atomic E-state index is -0.101. The van der Waals surface area contributed by atoms with Crippen molar-refractivity contribution in [2.75, 3.05) is 19.3 Å². The van der Waals surface area contributed by atoms with Crippen LogP contribution < -0.4 is 5.32 Å². The lowest BCUT2D eigenvalue weighted by molar-refractivity contribution is -0.134. The number of nitrogens with zero attached hydrogens (tertiary/aromatic N) is 3. The normalized spacial score (nSPS) is 18.6. The van der Waals surface area contributed by atoms with Crippen LogP contribution in [-0.2, 0) is 23.2 Å². The van der Waals surface area contributed by atoms with Crippen LogP contribution in [0.2, 0.25) is 0 Å². The third kappa shape index (κ3) is 3.78. The van der Waals surface area contributed by atoms with E-state index in [2.05, 4.69) is 10.3 Å². The molecule has 0 spiro atoms. The molecule has 2 rings (SSSR count). The number of imidazole rings is 1. The summed E-state index contributed by atoms with van der Waals surface area (Å²) in [5.74, 6) is -0.0347. The summed E-state index contributed by atoms with van der Waals surface area (Å²) in [4.78, 5) is 29.7. The quantitative estimate of drug-likeness (QED) is 0.843. The Balaban J connectivity index is 1.89. The summed E-state index contributed by atoms with van der Waals surface area (Å²) in [6.45, 7) is 3.32. The van der Waals surface area contributed by atoms with Gasteiger partial charge >= 0.3 is 0 Å². The predicted molar refractivity (Wildman–Crippen MR) is 81.8 cm³/mol. The number of aromatic nitrogens is 2. The van der Waals surface area contributed by atoms with E-state index in [1.54, 1.807) is 29.8 Å². The largest absolute Gasteiger partial charge is 0.350 e. The van der Waals surface area contributed by atoms with Gasteiger partial charge < -0.3 is 14.8 Å². The van der Waals surface area contributed by atoms with Crippen LogP contribution in [0.1, 0.15) is 25.5 Å². The van der Waals surface area contributed by atoms with Gasteiger partial charge in [0.05, 0.1) is 24.4 Å². The fraction of sp³-hybridized carbons (Fsp3) is 0.643. The smallest absolute Gasteiger partial charge is 0.225 e. The lowest BCUT2D eigenvalue weighted by Crippen LogP contribution is -2.44. The van der Waals surface area contributed by atoms with E-state index < -0.39 is 0 Å². The molecule has 116 valence electrons. The zero-order valence-corrected chi connectivity index (χ0v) is 13.6. The van der Waals surface area contributed by atoms with E-state index in [0.29, 0.717) is 13.1 Å². The van der Waals surface area contributed by atoms with Crippen LogP contribution >= 0.6 is 11.8 Å². The Kier molecular flexibility index (Phi) is 5.27. The molecule has 0 radical (unpaired) electrons. The molecule has 1 saturated heterocycles. The molecule has 0 aliphatic carbocycles. The number of amides is 2. The first kappa shape index (κ1) is 15.9. The first-order valence-electron chi connectivity index (χ1n) is 7.10. The Morgan fingerprint density at radius 3 is 2.90 bits per heavy atom. The molecule has 1 aromatic rings. The standard InChI is InChI=1S/C14H22N4O2S/c1-10(19)18-6-4-5-11(9-18)13(20)15-7-12-8-16-14(21-3)17(12)2/h8,11H,4-7,9H2,1-3H3,(H,15,20)/t11-/m1/s1. The van der Waals surface area contributed by atoms with E-state index >= 15 is 0 Å². The third-order valence-corrected chi connectivity index (χ3v) is 4.65. The molecule has 0 bridgehead atoms. The van der Waals surface area contributed by atoms with Crippen LogP contribution in [0.15, 0.2) is 11.4 Å². The van der Waals surface area contributed by atoms with Crippen LogP contribution in [0.5, 0.6) is 0 Å². The van der Waals surface area contributed by atoms with E-state index in [1.165, 1.54) is 0 Å². The number of carbonyl (C=O) groups excluding carboxylic acids is 2. The average molecular weight is 310 g/mol. The monoisotopic (exact) mass is 310 g/mol. The van der Waals surface area contributed by atoms with Gasteiger partial charge in [0, 0.05) is 27.1 Å². The molecule has 6 nitrogen and oxygen atoms in total. The van der Waals surface area contributed by atoms with Crippen molar-refractivity contribution in [3.05, 3.63) is 11.9 Å². The molecule has 0 unspecified atom stereocenters. The van der Waals surface area contributed by atoms with E-state index in [-0.39, 0.29) is 17.7 Å². The van der Waals surface area contributed by atoms with Crippen molar-refractivity contribution >= 4 is 23.6 Å². The summed E-state index contributed by atoms with van der Waals surface area (Å²) in [6.07, 6.45) is 5.50. The van der Waals surface area contributed by atoms with Gasteiger partial charge in [-0.05, 0) is 19.1 Å². The van der Waals surface area contributed by atoms with Gasteiger partial charge in [-0.2, -0.15) is 0 Å². The van der Waals surface area contributed by atoms with Crippen molar-refractivity contribution in [1.29, 1.82) is 0 Å². The van der Waals surface area contributed by atoms with Crippen molar-refractivity contribution in [3.63, 3.8) is 0 Å². The van der Waals surface area contributed by atoms with Crippen molar-refractivity contribution in [3.8, 4) is 0 Å². The Bertz CT molecular complexity index is 529. The van der Waals surface area contributed by atoms with Gasteiger partial charge in [-0.1, -0.05) is 11.8 Å². The molecule has 0 aromatic carbocycles. The number of hydrogen-bond acceptors (Lipinski definition) is 4. The van der Waals surface area contributed by atoms with Gasteiger partial charge in [0.1, 0.15) is 0 Å². The fourth-order valence-corrected chi connectivity index (χ4v) is 3.13. The number of piperidine rings is 1. The van der Waals surface area contributed by atoms with Gasteiger partial charge in [-0.15, -0.1) is 0 Å². The Morgan fingerprint density at radius 2 is 2.29 bits per heavy atom. The second-order valence-electron chi connectivity index (χ2n) is 5.32. The van der Waals surface area contributed by atoms with Crippen molar-refractivity contribution < 1.29 is 9.59 Å². The zero-order valence-electron chi connectivity index (χ0n) is 12.8. The molecule has 1 aromatic heterocycles. The van der Waals surface area contributed by atoms with Crippen molar-refractivity contribution in [2.24, 2.45) is 13.0 Å². The van der Waals surface area contributed by atoms with Gasteiger partial charge in [0.25, 0.3) is 0 Å². The summed E-state index contributed by atoms with van der Waals surface area (Å²) in [5, 5.41) is 3.89. The summed E-state index contributed by atoms with van der Waals surface area (Å²) in [7, 11) is 1.94. The molecular weight excluding hydrogens is 288 g/mol. The highest BCUT2D eigenvalue weighted by Crippen LogP contribution is 2.17. The lowest BCUT2D eigenvalue weighted by Gasteiger charge is -2.31. The number of hydrogen-bond donors (Lipinski definition) is 1. The molecule has 2 heterocycles. The maximum Gasteiger partial charge on any atom is 0.225 e. The minimum Gasteiger partial charge on any atom is -0.350 e. The van der Waals surface area contributed by atoms with Crippen LogP contribution in [-0.4, -0.2) is 45.6 Å². The average Bonchev–Trinajstić information content (AvgIpc) is 2.85. The molecule has 1 atom stereocenters. The van der Waals surface area contributed by atoms with Crippen LogP contribution in [0.4, 0.5) is 0 Å². The SMILES string of the molecule is CSc1ncc(CNC(=O)[C@@H]2CCCN(C(C)=O)C2)n1C. The Labute approximate surface area is 129 Å². The predicted octanol–water partition coefficient (Wildman–Crippen LogP) is 1.02. The number of carbonyl (C=O) groups is 2. The van der Waals surface area contributed by atoms with Crippen molar-refractivity contribution in [1.82, 2.24) is 19.8 Å². The number of likely N-dealkylation sites (tertiary alicyclic amines) is 1. The van der Waals surface area contributed by atoms with Gasteiger partial charge in [0.15, 0.2) is 5.16 Å². The molecule has 1 N–H and O–H groups in total. The summed E-state index contributed by atoms with van der Waals surface area (Å²) in [6, 6.07) is 0. The molecule has 0 saturated carbocycles. The second-order valence-corrected chi connectivity index (χ2v) is 6.09.